The molecule has 1 saturated heterocycles. The Kier molecular flexibility index (Phi) is 4.27. The molecule has 0 unspecified atom stereocenters. The number of amides is 1. The summed E-state index contributed by atoms with van der Waals surface area (Å²) in [5.41, 5.74) is 1.91. The SMILES string of the molecule is Cc1c(NCN2C(=O)CSC2=S)c(=O)n(-c2ccccc2)n1C. The summed E-state index contributed by atoms with van der Waals surface area (Å²) in [4.78, 5) is 26.0. The predicted molar refractivity (Wildman–Crippen MR) is 96.1 cm³/mol. The molecule has 0 atom stereocenters. The van der Waals surface area contributed by atoms with Gasteiger partial charge in [0.2, 0.25) is 5.91 Å². The number of carbonyl (C=O) groups excluding carboxylic acids is 1. The van der Waals surface area contributed by atoms with Crippen LogP contribution in [-0.2, 0) is 11.8 Å². The number of hydrogen-bond acceptors (Lipinski definition) is 5. The van der Waals surface area contributed by atoms with Crippen LogP contribution in [0.5, 0.6) is 0 Å². The first-order valence-corrected chi connectivity index (χ1v) is 8.45. The number of hydrogen-bond donors (Lipinski definition) is 1. The van der Waals surface area contributed by atoms with E-state index < -0.39 is 0 Å². The summed E-state index contributed by atoms with van der Waals surface area (Å²) in [5.74, 6) is 0.326. The van der Waals surface area contributed by atoms with Gasteiger partial charge in [0, 0.05) is 7.05 Å². The van der Waals surface area contributed by atoms with Gasteiger partial charge < -0.3 is 5.32 Å². The first kappa shape index (κ1) is 15.8. The molecule has 0 bridgehead atoms. The van der Waals surface area contributed by atoms with Crippen molar-refractivity contribution in [2.75, 3.05) is 17.7 Å². The van der Waals surface area contributed by atoms with Gasteiger partial charge >= 0.3 is 0 Å². The van der Waals surface area contributed by atoms with Crippen LogP contribution in [0.1, 0.15) is 5.69 Å². The van der Waals surface area contributed by atoms with Gasteiger partial charge in [0.25, 0.3) is 5.56 Å². The summed E-state index contributed by atoms with van der Waals surface area (Å²) in [5, 5.41) is 3.07. The molecule has 1 amide bonds. The van der Waals surface area contributed by atoms with Crippen molar-refractivity contribution in [1.29, 1.82) is 0 Å². The molecule has 2 heterocycles. The van der Waals surface area contributed by atoms with Crippen molar-refractivity contribution in [3.05, 3.63) is 46.4 Å². The smallest absolute Gasteiger partial charge is 0.295 e. The molecule has 0 spiro atoms. The maximum absolute atomic E-state index is 12.7. The van der Waals surface area contributed by atoms with E-state index in [0.29, 0.717) is 15.8 Å². The zero-order chi connectivity index (χ0) is 16.6. The standard InChI is InChI=1S/C15H16N4O2S2/c1-10-13(16-9-18-12(20)8-23-15(18)22)14(21)19(17(10)2)11-6-4-3-5-7-11/h3-7,16H,8-9H2,1-2H3. The average Bonchev–Trinajstić information content (AvgIpc) is 2.97. The molecule has 1 aromatic heterocycles. The van der Waals surface area contributed by atoms with E-state index in [2.05, 4.69) is 5.32 Å². The lowest BCUT2D eigenvalue weighted by Crippen LogP contribution is -2.34. The largest absolute Gasteiger partial charge is 0.361 e. The molecule has 3 rings (SSSR count). The Morgan fingerprint density at radius 2 is 1.96 bits per heavy atom. The van der Waals surface area contributed by atoms with Crippen molar-refractivity contribution in [2.45, 2.75) is 6.92 Å². The van der Waals surface area contributed by atoms with Gasteiger partial charge in [-0.2, -0.15) is 0 Å². The second kappa shape index (κ2) is 6.21. The van der Waals surface area contributed by atoms with E-state index in [0.717, 1.165) is 11.4 Å². The summed E-state index contributed by atoms with van der Waals surface area (Å²) in [7, 11) is 1.83. The van der Waals surface area contributed by atoms with Crippen LogP contribution in [0.15, 0.2) is 35.1 Å². The summed E-state index contributed by atoms with van der Waals surface area (Å²) in [6.07, 6.45) is 0. The fourth-order valence-electron chi connectivity index (χ4n) is 2.46. The minimum atomic E-state index is -0.151. The van der Waals surface area contributed by atoms with Gasteiger partial charge in [-0.05, 0) is 19.1 Å². The topological polar surface area (TPSA) is 59.3 Å². The van der Waals surface area contributed by atoms with Gasteiger partial charge in [0.05, 0.1) is 23.8 Å². The van der Waals surface area contributed by atoms with E-state index in [4.69, 9.17) is 12.2 Å². The third-order valence-corrected chi connectivity index (χ3v) is 5.24. The molecular weight excluding hydrogens is 332 g/mol. The van der Waals surface area contributed by atoms with Crippen LogP contribution in [0.3, 0.4) is 0 Å². The molecule has 0 saturated carbocycles. The number of benzene rings is 1. The monoisotopic (exact) mass is 348 g/mol. The van der Waals surface area contributed by atoms with Crippen molar-refractivity contribution < 1.29 is 4.79 Å². The number of nitrogens with zero attached hydrogens (tertiary/aromatic N) is 3. The molecule has 120 valence electrons. The molecule has 0 radical (unpaired) electrons. The molecule has 8 heteroatoms. The summed E-state index contributed by atoms with van der Waals surface area (Å²) in [6.45, 7) is 2.07. The van der Waals surface area contributed by atoms with Gasteiger partial charge in [0.15, 0.2) is 0 Å². The van der Waals surface area contributed by atoms with Gasteiger partial charge in [-0.15, -0.1) is 0 Å². The fourth-order valence-corrected chi connectivity index (χ4v) is 3.53. The van der Waals surface area contributed by atoms with Crippen molar-refractivity contribution in [2.24, 2.45) is 7.05 Å². The Hall–Kier alpha value is -2.06. The summed E-state index contributed by atoms with van der Waals surface area (Å²) in [6, 6.07) is 9.42. The maximum Gasteiger partial charge on any atom is 0.295 e. The Morgan fingerprint density at radius 1 is 1.26 bits per heavy atom. The van der Waals surface area contributed by atoms with Gasteiger partial charge in [-0.3, -0.25) is 19.2 Å². The lowest BCUT2D eigenvalue weighted by Gasteiger charge is -2.15. The second-order valence-electron chi connectivity index (χ2n) is 5.15. The molecule has 23 heavy (non-hydrogen) atoms. The number of anilines is 1. The van der Waals surface area contributed by atoms with Crippen LogP contribution >= 0.6 is 24.0 Å². The Labute approximate surface area is 143 Å². The minimum absolute atomic E-state index is 0.0375. The van der Waals surface area contributed by atoms with E-state index in [1.54, 1.807) is 9.36 Å². The van der Waals surface area contributed by atoms with Crippen LogP contribution < -0.4 is 10.9 Å². The number of carbonyl (C=O) groups is 1. The normalized spacial score (nSPS) is 14.6. The van der Waals surface area contributed by atoms with Crippen LogP contribution in [0.2, 0.25) is 0 Å². The third kappa shape index (κ3) is 2.79. The highest BCUT2D eigenvalue weighted by Gasteiger charge is 2.27. The second-order valence-corrected chi connectivity index (χ2v) is 6.76. The fraction of sp³-hybridized carbons (Fsp3) is 0.267. The number of nitrogens with one attached hydrogen (secondary N) is 1. The van der Waals surface area contributed by atoms with Crippen molar-refractivity contribution in [3.63, 3.8) is 0 Å². The summed E-state index contributed by atoms with van der Waals surface area (Å²) < 4.78 is 3.93. The maximum atomic E-state index is 12.7. The first-order valence-electron chi connectivity index (χ1n) is 7.05. The van der Waals surface area contributed by atoms with Gasteiger partial charge in [-0.1, -0.05) is 42.2 Å². The van der Waals surface area contributed by atoms with Crippen molar-refractivity contribution in [1.82, 2.24) is 14.3 Å². The zero-order valence-electron chi connectivity index (χ0n) is 12.8. The molecule has 0 aliphatic carbocycles. The molecule has 1 aliphatic rings. The van der Waals surface area contributed by atoms with E-state index in [1.807, 2.05) is 44.3 Å². The Morgan fingerprint density at radius 3 is 2.57 bits per heavy atom. The van der Waals surface area contributed by atoms with Gasteiger partial charge in [0.1, 0.15) is 10.0 Å². The van der Waals surface area contributed by atoms with E-state index in [9.17, 15) is 9.59 Å². The number of thiocarbonyl (C=S) groups is 1. The van der Waals surface area contributed by atoms with Crippen LogP contribution in [0, 0.1) is 6.92 Å². The van der Waals surface area contributed by atoms with Crippen LogP contribution in [-0.4, -0.2) is 36.9 Å². The quantitative estimate of drug-likeness (QED) is 0.853. The lowest BCUT2D eigenvalue weighted by molar-refractivity contribution is -0.123. The lowest BCUT2D eigenvalue weighted by atomic mass is 10.3. The van der Waals surface area contributed by atoms with E-state index in [-0.39, 0.29) is 18.1 Å². The number of rotatable bonds is 4. The first-order chi connectivity index (χ1) is 11.0. The summed E-state index contributed by atoms with van der Waals surface area (Å²) >= 11 is 6.49. The Bertz CT molecular complexity index is 810. The molecule has 2 aromatic rings. The average molecular weight is 348 g/mol. The molecular formula is C15H16N4O2S2. The minimum Gasteiger partial charge on any atom is -0.361 e. The molecule has 1 aliphatic heterocycles. The highest BCUT2D eigenvalue weighted by atomic mass is 32.2. The van der Waals surface area contributed by atoms with Crippen LogP contribution in [0.4, 0.5) is 5.69 Å². The van der Waals surface area contributed by atoms with Crippen molar-refractivity contribution >= 4 is 39.9 Å². The molecule has 1 aromatic carbocycles. The number of para-hydroxylation sites is 1. The zero-order valence-corrected chi connectivity index (χ0v) is 14.4. The third-order valence-electron chi connectivity index (χ3n) is 3.81. The predicted octanol–water partition coefficient (Wildman–Crippen LogP) is 1.71. The van der Waals surface area contributed by atoms with E-state index >= 15 is 0 Å². The van der Waals surface area contributed by atoms with Crippen LogP contribution in [0.25, 0.3) is 5.69 Å². The number of aromatic nitrogens is 2. The highest BCUT2D eigenvalue weighted by molar-refractivity contribution is 8.23. The van der Waals surface area contributed by atoms with Gasteiger partial charge in [-0.25, -0.2) is 4.68 Å². The molecule has 1 fully saturated rings. The molecule has 6 nitrogen and oxygen atoms in total. The van der Waals surface area contributed by atoms with E-state index in [1.165, 1.54) is 16.7 Å². The molecule has 1 N–H and O–H groups in total. The van der Waals surface area contributed by atoms with Crippen molar-refractivity contribution in [3.8, 4) is 5.69 Å². The highest BCUT2D eigenvalue weighted by Crippen LogP contribution is 2.20. The number of thioether (sulfide) groups is 1. The Balaban J connectivity index is 1.91.